The number of aliphatic hydroxyl groups is 1. The number of halogens is 1. The van der Waals surface area contributed by atoms with Crippen molar-refractivity contribution in [2.45, 2.75) is 18.9 Å². The summed E-state index contributed by atoms with van der Waals surface area (Å²) in [6.07, 6.45) is 1.54. The Morgan fingerprint density at radius 2 is 2.04 bits per heavy atom. The van der Waals surface area contributed by atoms with Crippen LogP contribution in [0.4, 0.5) is 4.39 Å². The number of ether oxygens (including phenoxy) is 1. The number of methoxy groups -OCH3 is 1. The molecule has 1 unspecified atom stereocenters. The Bertz CT molecular complexity index is 614. The third-order valence-corrected chi connectivity index (χ3v) is 4.11. The Morgan fingerprint density at radius 1 is 1.43 bits per heavy atom. The SMILES string of the molecule is COC(=O)C(O)C1CCN(/C(=C/C#N)c2ccc(F)cc2)CC1. The Morgan fingerprint density at radius 3 is 2.57 bits per heavy atom. The Balaban J connectivity index is 2.07. The first-order valence-corrected chi connectivity index (χ1v) is 7.43. The monoisotopic (exact) mass is 318 g/mol. The van der Waals surface area contributed by atoms with Crippen molar-refractivity contribution in [1.82, 2.24) is 4.90 Å². The number of aliphatic hydroxyl groups excluding tert-OH is 1. The number of hydrogen-bond acceptors (Lipinski definition) is 5. The second-order valence-electron chi connectivity index (χ2n) is 5.46. The molecule has 1 saturated heterocycles. The van der Waals surface area contributed by atoms with Crippen molar-refractivity contribution in [3.05, 3.63) is 41.7 Å². The topological polar surface area (TPSA) is 73.6 Å². The van der Waals surface area contributed by atoms with Gasteiger partial charge in [-0.1, -0.05) is 0 Å². The lowest BCUT2D eigenvalue weighted by atomic mass is 9.90. The Hall–Kier alpha value is -2.39. The van der Waals surface area contributed by atoms with E-state index in [0.29, 0.717) is 25.9 Å². The van der Waals surface area contributed by atoms with Crippen LogP contribution in [-0.2, 0) is 9.53 Å². The van der Waals surface area contributed by atoms with Gasteiger partial charge in [-0.3, -0.25) is 0 Å². The van der Waals surface area contributed by atoms with Gasteiger partial charge in [0.15, 0.2) is 6.10 Å². The highest BCUT2D eigenvalue weighted by molar-refractivity contribution is 5.74. The van der Waals surface area contributed by atoms with Crippen molar-refractivity contribution in [2.75, 3.05) is 20.2 Å². The lowest BCUT2D eigenvalue weighted by Gasteiger charge is -2.36. The lowest BCUT2D eigenvalue weighted by molar-refractivity contribution is -0.154. The number of nitriles is 1. The summed E-state index contributed by atoms with van der Waals surface area (Å²) in [7, 11) is 1.25. The van der Waals surface area contributed by atoms with Gasteiger partial charge in [-0.05, 0) is 48.6 Å². The van der Waals surface area contributed by atoms with Gasteiger partial charge in [-0.15, -0.1) is 0 Å². The number of carbonyl (C=O) groups is 1. The van der Waals surface area contributed by atoms with Crippen LogP contribution in [0.25, 0.3) is 5.70 Å². The summed E-state index contributed by atoms with van der Waals surface area (Å²) in [5.41, 5.74) is 1.48. The molecule has 1 N–H and O–H groups in total. The number of piperidine rings is 1. The van der Waals surface area contributed by atoms with Crippen LogP contribution in [0.2, 0.25) is 0 Å². The van der Waals surface area contributed by atoms with E-state index in [2.05, 4.69) is 4.74 Å². The highest BCUT2D eigenvalue weighted by Gasteiger charge is 2.31. The molecule has 23 heavy (non-hydrogen) atoms. The number of rotatable bonds is 4. The molecule has 0 aliphatic carbocycles. The van der Waals surface area contributed by atoms with E-state index in [1.807, 2.05) is 11.0 Å². The van der Waals surface area contributed by atoms with Gasteiger partial charge in [0.25, 0.3) is 0 Å². The van der Waals surface area contributed by atoms with E-state index in [4.69, 9.17) is 5.26 Å². The molecule has 1 aliphatic rings. The normalized spacial score (nSPS) is 17.5. The van der Waals surface area contributed by atoms with Gasteiger partial charge in [-0.25, -0.2) is 9.18 Å². The van der Waals surface area contributed by atoms with Crippen LogP contribution >= 0.6 is 0 Å². The van der Waals surface area contributed by atoms with Gasteiger partial charge in [0.1, 0.15) is 5.82 Å². The average molecular weight is 318 g/mol. The quantitative estimate of drug-likeness (QED) is 0.678. The third-order valence-electron chi connectivity index (χ3n) is 4.11. The zero-order valence-corrected chi connectivity index (χ0v) is 12.9. The largest absolute Gasteiger partial charge is 0.467 e. The predicted octanol–water partition coefficient (Wildman–Crippen LogP) is 1.94. The number of carbonyl (C=O) groups excluding carboxylic acids is 1. The third kappa shape index (κ3) is 4.08. The molecule has 2 rings (SSSR count). The van der Waals surface area contributed by atoms with E-state index in [0.717, 1.165) is 11.3 Å². The first kappa shape index (κ1) is 17.0. The maximum absolute atomic E-state index is 13.1. The van der Waals surface area contributed by atoms with Crippen LogP contribution in [0, 0.1) is 23.1 Å². The fourth-order valence-electron chi connectivity index (χ4n) is 2.81. The molecule has 1 aliphatic heterocycles. The standard InChI is InChI=1S/C17H19FN2O3/c1-23-17(22)16(21)13-7-10-20(11-8-13)15(6-9-19)12-2-4-14(18)5-3-12/h2-6,13,16,21H,7-8,10-11H2,1H3/b15-6+. The summed E-state index contributed by atoms with van der Waals surface area (Å²) in [5, 5.41) is 18.9. The summed E-state index contributed by atoms with van der Waals surface area (Å²) < 4.78 is 17.6. The van der Waals surface area contributed by atoms with Crippen LogP contribution in [0.3, 0.4) is 0 Å². The minimum atomic E-state index is -1.11. The molecule has 1 atom stereocenters. The molecule has 1 fully saturated rings. The van der Waals surface area contributed by atoms with E-state index in [1.54, 1.807) is 12.1 Å². The number of likely N-dealkylation sites (tertiary alicyclic amines) is 1. The van der Waals surface area contributed by atoms with Crippen LogP contribution in [-0.4, -0.2) is 42.3 Å². The smallest absolute Gasteiger partial charge is 0.334 e. The van der Waals surface area contributed by atoms with Crippen LogP contribution in [0.5, 0.6) is 0 Å². The molecule has 1 aromatic carbocycles. The van der Waals surface area contributed by atoms with Gasteiger partial charge in [0.2, 0.25) is 0 Å². The van der Waals surface area contributed by atoms with Crippen LogP contribution in [0.15, 0.2) is 30.3 Å². The molecule has 0 amide bonds. The van der Waals surface area contributed by atoms with Crippen molar-refractivity contribution in [2.24, 2.45) is 5.92 Å². The van der Waals surface area contributed by atoms with Crippen molar-refractivity contribution in [3.63, 3.8) is 0 Å². The zero-order valence-electron chi connectivity index (χ0n) is 12.9. The number of allylic oxidation sites excluding steroid dienone is 1. The number of esters is 1. The van der Waals surface area contributed by atoms with Crippen molar-refractivity contribution in [3.8, 4) is 6.07 Å². The van der Waals surface area contributed by atoms with Gasteiger partial charge in [0, 0.05) is 19.2 Å². The second kappa shape index (κ2) is 7.75. The minimum Gasteiger partial charge on any atom is -0.467 e. The molecule has 5 nitrogen and oxygen atoms in total. The molecule has 122 valence electrons. The van der Waals surface area contributed by atoms with Crippen LogP contribution < -0.4 is 0 Å². The van der Waals surface area contributed by atoms with E-state index < -0.39 is 12.1 Å². The molecule has 1 heterocycles. The number of benzene rings is 1. The van der Waals surface area contributed by atoms with E-state index in [9.17, 15) is 14.3 Å². The lowest BCUT2D eigenvalue weighted by Crippen LogP contribution is -2.40. The maximum Gasteiger partial charge on any atom is 0.334 e. The summed E-state index contributed by atoms with van der Waals surface area (Å²) in [5.74, 6) is -1.10. The van der Waals surface area contributed by atoms with E-state index in [-0.39, 0.29) is 11.7 Å². The first-order valence-electron chi connectivity index (χ1n) is 7.43. The van der Waals surface area contributed by atoms with Gasteiger partial charge in [-0.2, -0.15) is 5.26 Å². The molecule has 0 bridgehead atoms. The number of hydrogen-bond donors (Lipinski definition) is 1. The maximum atomic E-state index is 13.1. The number of nitrogens with zero attached hydrogens (tertiary/aromatic N) is 2. The molecule has 0 saturated carbocycles. The van der Waals surface area contributed by atoms with Gasteiger partial charge < -0.3 is 14.7 Å². The molecule has 0 radical (unpaired) electrons. The summed E-state index contributed by atoms with van der Waals surface area (Å²) in [6.45, 7) is 1.20. The van der Waals surface area contributed by atoms with Crippen molar-refractivity contribution < 1.29 is 19.0 Å². The average Bonchev–Trinajstić information content (AvgIpc) is 2.59. The van der Waals surface area contributed by atoms with E-state index in [1.165, 1.54) is 25.3 Å². The van der Waals surface area contributed by atoms with Gasteiger partial charge in [0.05, 0.1) is 18.9 Å². The first-order chi connectivity index (χ1) is 11.1. The molecule has 0 aromatic heterocycles. The molecule has 6 heteroatoms. The predicted molar refractivity (Wildman–Crippen MR) is 82.3 cm³/mol. The fraction of sp³-hybridized carbons (Fsp3) is 0.412. The second-order valence-corrected chi connectivity index (χ2v) is 5.46. The summed E-state index contributed by atoms with van der Waals surface area (Å²) in [4.78, 5) is 13.4. The van der Waals surface area contributed by atoms with Crippen molar-refractivity contribution >= 4 is 11.7 Å². The Kier molecular flexibility index (Phi) is 5.72. The van der Waals surface area contributed by atoms with Crippen molar-refractivity contribution in [1.29, 1.82) is 5.26 Å². The molecule has 0 spiro atoms. The fourth-order valence-corrected chi connectivity index (χ4v) is 2.81. The molecular weight excluding hydrogens is 299 g/mol. The van der Waals surface area contributed by atoms with Gasteiger partial charge >= 0.3 is 5.97 Å². The van der Waals surface area contributed by atoms with E-state index >= 15 is 0 Å². The van der Waals surface area contributed by atoms with Crippen LogP contribution in [0.1, 0.15) is 18.4 Å². The zero-order chi connectivity index (χ0) is 16.8. The summed E-state index contributed by atoms with van der Waals surface area (Å²) in [6, 6.07) is 8.00. The minimum absolute atomic E-state index is 0.157. The highest BCUT2D eigenvalue weighted by atomic mass is 19.1. The molecule has 1 aromatic rings. The summed E-state index contributed by atoms with van der Waals surface area (Å²) >= 11 is 0. The molecular formula is C17H19FN2O3. The Labute approximate surface area is 134 Å². The highest BCUT2D eigenvalue weighted by Crippen LogP contribution is 2.28.